The molecule has 5 nitrogen and oxygen atoms in total. The van der Waals surface area contributed by atoms with Gasteiger partial charge in [-0.05, 0) is 19.4 Å². The molecular formula is C11H12N2O3S. The number of amides is 2. The summed E-state index contributed by atoms with van der Waals surface area (Å²) in [6, 6.07) is -0.508. The zero-order chi connectivity index (χ0) is 13.0. The molecule has 3 N–H and O–H groups in total. The number of aryl methyl sites for hydroxylation is 1. The average molecular weight is 252 g/mol. The lowest BCUT2D eigenvalue weighted by molar-refractivity contribution is 0.0697. The summed E-state index contributed by atoms with van der Waals surface area (Å²) in [7, 11) is 0. The van der Waals surface area contributed by atoms with Crippen molar-refractivity contribution in [3.8, 4) is 12.3 Å². The lowest BCUT2D eigenvalue weighted by Crippen LogP contribution is -2.29. The number of rotatable bonds is 3. The van der Waals surface area contributed by atoms with E-state index in [-0.39, 0.29) is 12.1 Å². The van der Waals surface area contributed by atoms with E-state index >= 15 is 0 Å². The van der Waals surface area contributed by atoms with Crippen LogP contribution >= 0.6 is 11.3 Å². The maximum absolute atomic E-state index is 11.4. The van der Waals surface area contributed by atoms with Gasteiger partial charge >= 0.3 is 12.0 Å². The van der Waals surface area contributed by atoms with E-state index in [9.17, 15) is 9.59 Å². The van der Waals surface area contributed by atoms with Gasteiger partial charge in [0.25, 0.3) is 0 Å². The van der Waals surface area contributed by atoms with Crippen molar-refractivity contribution < 1.29 is 14.7 Å². The molecule has 0 saturated heterocycles. The van der Waals surface area contributed by atoms with E-state index in [1.54, 1.807) is 13.8 Å². The fourth-order valence-electron chi connectivity index (χ4n) is 1.25. The third kappa shape index (κ3) is 2.98. The molecule has 0 aromatic carbocycles. The minimum absolute atomic E-state index is 0.0948. The molecular weight excluding hydrogens is 240 g/mol. The first-order chi connectivity index (χ1) is 7.97. The van der Waals surface area contributed by atoms with Crippen molar-refractivity contribution in [2.24, 2.45) is 0 Å². The van der Waals surface area contributed by atoms with Crippen LogP contribution < -0.4 is 10.6 Å². The highest BCUT2D eigenvalue weighted by atomic mass is 32.1. The number of carboxylic acids is 1. The van der Waals surface area contributed by atoms with E-state index in [1.165, 1.54) is 11.3 Å². The Bertz CT molecular complexity index is 500. The molecule has 2 amide bonds. The summed E-state index contributed by atoms with van der Waals surface area (Å²) >= 11 is 1.23. The first-order valence-electron chi connectivity index (χ1n) is 4.79. The highest BCUT2D eigenvalue weighted by Gasteiger charge is 2.19. The first kappa shape index (κ1) is 13.1. The number of nitrogens with one attached hydrogen (secondary N) is 2. The monoisotopic (exact) mass is 252 g/mol. The molecule has 1 rings (SSSR count). The topological polar surface area (TPSA) is 78.4 Å². The standard InChI is InChI=1S/C11H12N2O3S/c1-4-5-12-11(16)13-9-8(10(14)15)6(2)7(3)17-9/h1H,5H2,2-3H3,(H,14,15)(H2,12,13,16). The molecule has 1 heterocycles. The van der Waals surface area contributed by atoms with Gasteiger partial charge in [-0.15, -0.1) is 17.8 Å². The normalized spacial score (nSPS) is 9.47. The first-order valence-corrected chi connectivity index (χ1v) is 5.60. The highest BCUT2D eigenvalue weighted by Crippen LogP contribution is 2.32. The molecule has 0 aliphatic rings. The molecule has 0 aliphatic heterocycles. The van der Waals surface area contributed by atoms with Gasteiger partial charge in [-0.1, -0.05) is 5.92 Å². The summed E-state index contributed by atoms with van der Waals surface area (Å²) in [4.78, 5) is 23.3. The van der Waals surface area contributed by atoms with Crippen molar-refractivity contribution in [2.45, 2.75) is 13.8 Å². The second kappa shape index (κ2) is 5.37. The van der Waals surface area contributed by atoms with E-state index in [2.05, 4.69) is 16.6 Å². The largest absolute Gasteiger partial charge is 0.478 e. The number of carboxylic acid groups (broad SMARTS) is 1. The summed E-state index contributed by atoms with van der Waals surface area (Å²) in [5, 5.41) is 14.3. The number of anilines is 1. The molecule has 6 heteroatoms. The number of hydrogen-bond acceptors (Lipinski definition) is 3. The molecule has 1 aromatic rings. The van der Waals surface area contributed by atoms with E-state index in [1.807, 2.05) is 0 Å². The SMILES string of the molecule is C#CCNC(=O)Nc1sc(C)c(C)c1C(=O)O. The van der Waals surface area contributed by atoms with Crippen molar-refractivity contribution in [1.29, 1.82) is 0 Å². The van der Waals surface area contributed by atoms with Crippen molar-refractivity contribution in [3.63, 3.8) is 0 Å². The number of thiophene rings is 1. The van der Waals surface area contributed by atoms with Crippen LogP contribution in [0.15, 0.2) is 0 Å². The fraction of sp³-hybridized carbons (Fsp3) is 0.273. The molecule has 90 valence electrons. The Balaban J connectivity index is 2.92. The van der Waals surface area contributed by atoms with Crippen molar-refractivity contribution in [2.75, 3.05) is 11.9 Å². The molecule has 0 bridgehead atoms. The van der Waals surface area contributed by atoms with Crippen molar-refractivity contribution in [3.05, 3.63) is 16.0 Å². The maximum atomic E-state index is 11.4. The second-order valence-electron chi connectivity index (χ2n) is 3.30. The Kier molecular flexibility index (Phi) is 4.12. The Morgan fingerprint density at radius 2 is 2.12 bits per heavy atom. The Morgan fingerprint density at radius 1 is 1.47 bits per heavy atom. The molecule has 0 unspecified atom stereocenters. The third-order valence-electron chi connectivity index (χ3n) is 2.18. The number of aromatic carboxylic acids is 1. The van der Waals surface area contributed by atoms with Gasteiger partial charge < -0.3 is 10.4 Å². The number of terminal acetylenes is 1. The second-order valence-corrected chi connectivity index (χ2v) is 4.53. The summed E-state index contributed by atoms with van der Waals surface area (Å²) in [6.07, 6.45) is 4.99. The van der Waals surface area contributed by atoms with Crippen molar-refractivity contribution >= 4 is 28.3 Å². The van der Waals surface area contributed by atoms with E-state index < -0.39 is 12.0 Å². The van der Waals surface area contributed by atoms with E-state index in [0.29, 0.717) is 10.6 Å². The summed E-state index contributed by atoms with van der Waals surface area (Å²) in [5.41, 5.74) is 0.790. The predicted molar refractivity (Wildman–Crippen MR) is 66.6 cm³/mol. The van der Waals surface area contributed by atoms with Crippen LogP contribution in [0, 0.1) is 26.2 Å². The van der Waals surface area contributed by atoms with Gasteiger partial charge in [-0.3, -0.25) is 5.32 Å². The number of hydrogen-bond donors (Lipinski definition) is 3. The number of carbonyl (C=O) groups excluding carboxylic acids is 1. The number of carbonyl (C=O) groups is 2. The smallest absolute Gasteiger partial charge is 0.338 e. The zero-order valence-electron chi connectivity index (χ0n) is 9.46. The molecule has 0 fully saturated rings. The Labute approximate surface area is 103 Å². The summed E-state index contributed by atoms with van der Waals surface area (Å²) in [5.74, 6) is 1.20. The van der Waals surface area contributed by atoms with Gasteiger partial charge in [0.15, 0.2) is 0 Å². The van der Waals surface area contributed by atoms with E-state index in [0.717, 1.165) is 4.88 Å². The van der Waals surface area contributed by atoms with Crippen LogP contribution in [0.5, 0.6) is 0 Å². The molecule has 17 heavy (non-hydrogen) atoms. The lowest BCUT2D eigenvalue weighted by Gasteiger charge is -2.04. The molecule has 0 radical (unpaired) electrons. The van der Waals surface area contributed by atoms with Gasteiger partial charge in [-0.2, -0.15) is 0 Å². The minimum atomic E-state index is -1.06. The summed E-state index contributed by atoms with van der Waals surface area (Å²) < 4.78 is 0. The van der Waals surface area contributed by atoms with Crippen LogP contribution in [-0.2, 0) is 0 Å². The van der Waals surface area contributed by atoms with Crippen LogP contribution in [0.1, 0.15) is 20.8 Å². The number of urea groups is 1. The van der Waals surface area contributed by atoms with Gasteiger partial charge in [0.1, 0.15) is 5.00 Å². The van der Waals surface area contributed by atoms with Gasteiger partial charge in [0, 0.05) is 4.88 Å². The Hall–Kier alpha value is -2.00. The van der Waals surface area contributed by atoms with Crippen LogP contribution in [0.3, 0.4) is 0 Å². The van der Waals surface area contributed by atoms with Crippen LogP contribution in [0.25, 0.3) is 0 Å². The van der Waals surface area contributed by atoms with Gasteiger partial charge in [0.2, 0.25) is 0 Å². The van der Waals surface area contributed by atoms with Crippen LogP contribution in [0.4, 0.5) is 9.80 Å². The third-order valence-corrected chi connectivity index (χ3v) is 3.30. The van der Waals surface area contributed by atoms with Crippen molar-refractivity contribution in [1.82, 2.24) is 5.32 Å². The zero-order valence-corrected chi connectivity index (χ0v) is 10.3. The van der Waals surface area contributed by atoms with Gasteiger partial charge in [0.05, 0.1) is 12.1 Å². The predicted octanol–water partition coefficient (Wildman–Crippen LogP) is 1.82. The fourth-order valence-corrected chi connectivity index (χ4v) is 2.30. The molecule has 0 atom stereocenters. The molecule has 0 saturated carbocycles. The quantitative estimate of drug-likeness (QED) is 0.718. The lowest BCUT2D eigenvalue weighted by atomic mass is 10.1. The molecule has 0 aliphatic carbocycles. The maximum Gasteiger partial charge on any atom is 0.338 e. The van der Waals surface area contributed by atoms with Crippen LogP contribution in [0.2, 0.25) is 0 Å². The van der Waals surface area contributed by atoms with Crippen LogP contribution in [-0.4, -0.2) is 23.7 Å². The summed E-state index contributed by atoms with van der Waals surface area (Å²) in [6.45, 7) is 3.61. The molecule has 1 aromatic heterocycles. The highest BCUT2D eigenvalue weighted by molar-refractivity contribution is 7.16. The minimum Gasteiger partial charge on any atom is -0.478 e. The Morgan fingerprint density at radius 3 is 2.65 bits per heavy atom. The van der Waals surface area contributed by atoms with E-state index in [4.69, 9.17) is 11.5 Å². The average Bonchev–Trinajstić information content (AvgIpc) is 2.51. The van der Waals surface area contributed by atoms with Gasteiger partial charge in [-0.25, -0.2) is 9.59 Å². The molecule has 0 spiro atoms.